The molecule has 0 bridgehead atoms. The Hall–Kier alpha value is -1.88. The van der Waals surface area contributed by atoms with Crippen molar-refractivity contribution in [3.8, 4) is 0 Å². The number of anilines is 1. The molecule has 4 nitrogen and oxygen atoms in total. The Morgan fingerprint density at radius 2 is 2.15 bits per heavy atom. The highest BCUT2D eigenvalue weighted by molar-refractivity contribution is 7.09. The van der Waals surface area contributed by atoms with E-state index in [1.807, 2.05) is 5.38 Å². The smallest absolute Gasteiger partial charge is 0.251 e. The second-order valence-electron chi connectivity index (χ2n) is 5.68. The summed E-state index contributed by atoms with van der Waals surface area (Å²) in [6.45, 7) is 6.81. The fraction of sp³-hybridized carbons (Fsp3) is 0.333. The lowest BCUT2D eigenvalue weighted by atomic mass is 9.93. The zero-order valence-corrected chi connectivity index (χ0v) is 12.8. The first-order valence-electron chi connectivity index (χ1n) is 6.45. The van der Waals surface area contributed by atoms with E-state index in [-0.39, 0.29) is 11.3 Å². The van der Waals surface area contributed by atoms with Crippen LogP contribution in [0, 0.1) is 0 Å². The van der Waals surface area contributed by atoms with Crippen LogP contribution in [-0.2, 0) is 12.0 Å². The highest BCUT2D eigenvalue weighted by Crippen LogP contribution is 2.23. The van der Waals surface area contributed by atoms with Crippen molar-refractivity contribution in [2.45, 2.75) is 32.7 Å². The minimum atomic E-state index is -0.134. The van der Waals surface area contributed by atoms with Crippen LogP contribution in [0.25, 0.3) is 0 Å². The predicted molar refractivity (Wildman–Crippen MR) is 82.8 cm³/mol. The molecule has 2 aromatic rings. The molecule has 0 unspecified atom stereocenters. The molecule has 1 aromatic carbocycles. The van der Waals surface area contributed by atoms with Gasteiger partial charge in [0.15, 0.2) is 0 Å². The first-order chi connectivity index (χ1) is 9.36. The van der Waals surface area contributed by atoms with Crippen molar-refractivity contribution >= 4 is 22.9 Å². The van der Waals surface area contributed by atoms with Gasteiger partial charge in [-0.2, -0.15) is 0 Å². The van der Waals surface area contributed by atoms with Gasteiger partial charge in [-0.3, -0.25) is 4.79 Å². The van der Waals surface area contributed by atoms with Gasteiger partial charge in [0.25, 0.3) is 5.91 Å². The summed E-state index contributed by atoms with van der Waals surface area (Å²) in [5.74, 6) is -0.134. The Bertz CT molecular complexity index is 614. The second-order valence-corrected chi connectivity index (χ2v) is 6.63. The van der Waals surface area contributed by atoms with Crippen molar-refractivity contribution in [3.63, 3.8) is 0 Å². The van der Waals surface area contributed by atoms with Gasteiger partial charge in [-0.15, -0.1) is 11.3 Å². The van der Waals surface area contributed by atoms with Gasteiger partial charge in [0.1, 0.15) is 5.01 Å². The molecule has 0 fully saturated rings. The molecule has 20 heavy (non-hydrogen) atoms. The number of nitrogens with two attached hydrogens (primary N) is 1. The van der Waals surface area contributed by atoms with E-state index >= 15 is 0 Å². The van der Waals surface area contributed by atoms with Gasteiger partial charge in [0.2, 0.25) is 0 Å². The number of aromatic nitrogens is 1. The van der Waals surface area contributed by atoms with Gasteiger partial charge >= 0.3 is 0 Å². The molecule has 0 spiro atoms. The number of nitrogens with zero attached hydrogens (tertiary/aromatic N) is 1. The van der Waals surface area contributed by atoms with Gasteiger partial charge in [-0.05, 0) is 18.2 Å². The number of carbonyl (C=O) groups excluding carboxylic acids is 1. The summed E-state index contributed by atoms with van der Waals surface area (Å²) in [6.07, 6.45) is 0. The van der Waals surface area contributed by atoms with Crippen molar-refractivity contribution in [3.05, 3.63) is 45.9 Å². The zero-order valence-electron chi connectivity index (χ0n) is 11.9. The number of thiazole rings is 1. The van der Waals surface area contributed by atoms with Crippen LogP contribution in [0.15, 0.2) is 29.6 Å². The predicted octanol–water partition coefficient (Wildman–Crippen LogP) is 2.95. The quantitative estimate of drug-likeness (QED) is 0.854. The van der Waals surface area contributed by atoms with E-state index in [1.54, 1.807) is 35.6 Å². The molecule has 0 saturated carbocycles. The fourth-order valence-corrected chi connectivity index (χ4v) is 2.63. The third-order valence-electron chi connectivity index (χ3n) is 2.87. The topological polar surface area (TPSA) is 68.0 Å². The van der Waals surface area contributed by atoms with E-state index in [1.165, 1.54) is 0 Å². The maximum atomic E-state index is 12.0. The van der Waals surface area contributed by atoms with Crippen LogP contribution in [-0.4, -0.2) is 10.9 Å². The lowest BCUT2D eigenvalue weighted by Crippen LogP contribution is -2.23. The van der Waals surface area contributed by atoms with Gasteiger partial charge in [-0.1, -0.05) is 26.8 Å². The van der Waals surface area contributed by atoms with Crippen molar-refractivity contribution in [2.24, 2.45) is 0 Å². The number of hydrogen-bond donors (Lipinski definition) is 2. The van der Waals surface area contributed by atoms with Crippen LogP contribution in [0.2, 0.25) is 0 Å². The molecule has 0 aliphatic rings. The summed E-state index contributed by atoms with van der Waals surface area (Å²) in [4.78, 5) is 16.5. The number of carbonyl (C=O) groups is 1. The molecule has 0 aliphatic carbocycles. The molecule has 1 heterocycles. The fourth-order valence-electron chi connectivity index (χ4n) is 1.67. The number of benzene rings is 1. The zero-order chi connectivity index (χ0) is 14.8. The van der Waals surface area contributed by atoms with Gasteiger partial charge < -0.3 is 11.1 Å². The Labute approximate surface area is 123 Å². The van der Waals surface area contributed by atoms with E-state index in [0.717, 1.165) is 10.7 Å². The van der Waals surface area contributed by atoms with Crippen molar-refractivity contribution < 1.29 is 4.79 Å². The highest BCUT2D eigenvalue weighted by Gasteiger charge is 2.17. The molecular weight excluding hydrogens is 270 g/mol. The largest absolute Gasteiger partial charge is 0.399 e. The molecule has 0 saturated heterocycles. The summed E-state index contributed by atoms with van der Waals surface area (Å²) in [7, 11) is 0. The number of hydrogen-bond acceptors (Lipinski definition) is 4. The molecule has 106 valence electrons. The minimum absolute atomic E-state index is 0.0344. The number of rotatable bonds is 3. The van der Waals surface area contributed by atoms with E-state index in [0.29, 0.717) is 17.8 Å². The van der Waals surface area contributed by atoms with Crippen LogP contribution in [0.1, 0.15) is 41.8 Å². The van der Waals surface area contributed by atoms with E-state index in [2.05, 4.69) is 31.1 Å². The maximum absolute atomic E-state index is 12.0. The first-order valence-corrected chi connectivity index (χ1v) is 7.33. The van der Waals surface area contributed by atoms with E-state index in [4.69, 9.17) is 5.73 Å². The van der Waals surface area contributed by atoms with Crippen LogP contribution in [0.5, 0.6) is 0 Å². The molecule has 0 atom stereocenters. The summed E-state index contributed by atoms with van der Waals surface area (Å²) < 4.78 is 0. The lowest BCUT2D eigenvalue weighted by Gasteiger charge is -2.14. The molecule has 3 N–H and O–H groups in total. The standard InChI is InChI=1S/C15H19N3OS/c1-15(2,3)12-9-20-13(18-12)8-17-14(19)10-5-4-6-11(16)7-10/h4-7,9H,8,16H2,1-3H3,(H,17,19). The van der Waals surface area contributed by atoms with Crippen LogP contribution in [0.3, 0.4) is 0 Å². The van der Waals surface area contributed by atoms with Crippen molar-refractivity contribution in [1.29, 1.82) is 0 Å². The Morgan fingerprint density at radius 3 is 2.75 bits per heavy atom. The van der Waals surface area contributed by atoms with Crippen molar-refractivity contribution in [1.82, 2.24) is 10.3 Å². The van der Waals surface area contributed by atoms with Crippen molar-refractivity contribution in [2.75, 3.05) is 5.73 Å². The number of amides is 1. The first kappa shape index (κ1) is 14.5. The molecule has 0 radical (unpaired) electrons. The molecule has 1 amide bonds. The molecule has 1 aromatic heterocycles. The van der Waals surface area contributed by atoms with Crippen LogP contribution in [0.4, 0.5) is 5.69 Å². The highest BCUT2D eigenvalue weighted by atomic mass is 32.1. The molecular formula is C15H19N3OS. The van der Waals surface area contributed by atoms with Gasteiger partial charge in [-0.25, -0.2) is 4.98 Å². The van der Waals surface area contributed by atoms with Gasteiger partial charge in [0, 0.05) is 22.0 Å². The third kappa shape index (κ3) is 3.57. The van der Waals surface area contributed by atoms with Crippen LogP contribution >= 0.6 is 11.3 Å². The normalized spacial score (nSPS) is 11.3. The summed E-state index contributed by atoms with van der Waals surface area (Å²) in [5.41, 5.74) is 7.90. The Morgan fingerprint density at radius 1 is 1.40 bits per heavy atom. The van der Waals surface area contributed by atoms with Gasteiger partial charge in [0.05, 0.1) is 12.2 Å². The molecule has 5 heteroatoms. The third-order valence-corrected chi connectivity index (χ3v) is 3.72. The van der Waals surface area contributed by atoms with Crippen LogP contribution < -0.4 is 11.1 Å². The molecule has 0 aliphatic heterocycles. The Kier molecular flexibility index (Phi) is 4.09. The SMILES string of the molecule is CC(C)(C)c1csc(CNC(=O)c2cccc(N)c2)n1. The average molecular weight is 289 g/mol. The van der Waals surface area contributed by atoms with E-state index in [9.17, 15) is 4.79 Å². The summed E-state index contributed by atoms with van der Waals surface area (Å²) >= 11 is 1.57. The molecule has 2 rings (SSSR count). The summed E-state index contributed by atoms with van der Waals surface area (Å²) in [6, 6.07) is 6.93. The average Bonchev–Trinajstić information content (AvgIpc) is 2.84. The second kappa shape index (κ2) is 5.63. The number of nitrogens with one attached hydrogen (secondary N) is 1. The monoisotopic (exact) mass is 289 g/mol. The maximum Gasteiger partial charge on any atom is 0.251 e. The number of nitrogen functional groups attached to an aromatic ring is 1. The Balaban J connectivity index is 1.99. The minimum Gasteiger partial charge on any atom is -0.399 e. The lowest BCUT2D eigenvalue weighted by molar-refractivity contribution is 0.0951. The van der Waals surface area contributed by atoms with E-state index < -0.39 is 0 Å². The summed E-state index contributed by atoms with van der Waals surface area (Å²) in [5, 5.41) is 5.81.